The van der Waals surface area contributed by atoms with Crippen LogP contribution in [0.15, 0.2) is 17.3 Å². The number of pyridine rings is 1. The van der Waals surface area contributed by atoms with Gasteiger partial charge in [0, 0.05) is 6.42 Å². The fraction of sp³-hybridized carbons (Fsp3) is 0.471. The van der Waals surface area contributed by atoms with Gasteiger partial charge in [-0.1, -0.05) is 12.1 Å². The van der Waals surface area contributed by atoms with E-state index in [1.807, 2.05) is 0 Å². The largest absolute Gasteiger partial charge is 0.456 e. The first kappa shape index (κ1) is 19.4. The van der Waals surface area contributed by atoms with Gasteiger partial charge in [-0.25, -0.2) is 9.78 Å². The normalized spacial score (nSPS) is 16.5. The second-order valence-corrected chi connectivity index (χ2v) is 6.63. The van der Waals surface area contributed by atoms with Gasteiger partial charge in [-0.2, -0.15) is 0 Å². The summed E-state index contributed by atoms with van der Waals surface area (Å²) < 4.78 is 10.4. The van der Waals surface area contributed by atoms with Crippen LogP contribution in [0.5, 0.6) is 0 Å². The van der Waals surface area contributed by atoms with Crippen LogP contribution in [0.25, 0.3) is 0 Å². The van der Waals surface area contributed by atoms with Gasteiger partial charge in [-0.3, -0.25) is 10.2 Å². The van der Waals surface area contributed by atoms with Gasteiger partial charge in [0.05, 0.1) is 17.7 Å². The molecule has 9 heteroatoms. The van der Waals surface area contributed by atoms with Crippen LogP contribution in [0.1, 0.15) is 62.3 Å². The zero-order valence-electron chi connectivity index (χ0n) is 15.2. The Morgan fingerprint density at radius 1 is 1.38 bits per heavy atom. The Kier molecular flexibility index (Phi) is 5.59. The molecule has 1 unspecified atom stereocenters. The van der Waals surface area contributed by atoms with Crippen molar-refractivity contribution in [1.82, 2.24) is 4.98 Å². The molecular formula is C17H22N4O5. The van der Waals surface area contributed by atoms with Crippen LogP contribution in [0.3, 0.4) is 0 Å². The second-order valence-electron chi connectivity index (χ2n) is 6.63. The number of nitrogens with two attached hydrogens (primary N) is 1. The van der Waals surface area contributed by atoms with Gasteiger partial charge in [-0.15, -0.1) is 0 Å². The zero-order valence-corrected chi connectivity index (χ0v) is 15.2. The standard InChI is InChI=1S/C17H22N4O5/c1-5-12(22)24-13-8-11(21-26-13)10-7-6-9(14(20-10)15(18)19)16(23)25-17(2,3)4/h6-7,13H,5,8H2,1-4H3,(H3,18,19). The van der Waals surface area contributed by atoms with Crippen molar-refractivity contribution in [3.05, 3.63) is 29.1 Å². The summed E-state index contributed by atoms with van der Waals surface area (Å²) in [6.07, 6.45) is -0.375. The smallest absolute Gasteiger partial charge is 0.341 e. The summed E-state index contributed by atoms with van der Waals surface area (Å²) in [7, 11) is 0. The molecular weight excluding hydrogens is 340 g/mol. The van der Waals surface area contributed by atoms with Crippen LogP contribution in [-0.4, -0.2) is 40.4 Å². The third-order valence-electron chi connectivity index (χ3n) is 3.26. The molecule has 0 spiro atoms. The van der Waals surface area contributed by atoms with Gasteiger partial charge in [0.1, 0.15) is 22.8 Å². The second kappa shape index (κ2) is 7.51. The Morgan fingerprint density at radius 3 is 2.65 bits per heavy atom. The van der Waals surface area contributed by atoms with Crippen LogP contribution >= 0.6 is 0 Å². The van der Waals surface area contributed by atoms with Gasteiger partial charge in [0.15, 0.2) is 0 Å². The Bertz CT molecular complexity index is 767. The molecule has 3 N–H and O–H groups in total. The third kappa shape index (κ3) is 4.78. The summed E-state index contributed by atoms with van der Waals surface area (Å²) in [6, 6.07) is 3.03. The minimum absolute atomic E-state index is 0.00606. The number of hydrogen-bond acceptors (Lipinski definition) is 8. The van der Waals surface area contributed by atoms with E-state index >= 15 is 0 Å². The summed E-state index contributed by atoms with van der Waals surface area (Å²) in [5, 5.41) is 11.6. The molecule has 1 aliphatic rings. The van der Waals surface area contributed by atoms with E-state index in [4.69, 9.17) is 25.5 Å². The molecule has 9 nitrogen and oxygen atoms in total. The lowest BCUT2D eigenvalue weighted by molar-refractivity contribution is -0.172. The number of ether oxygens (including phenoxy) is 2. The summed E-state index contributed by atoms with van der Waals surface area (Å²) in [5.74, 6) is -1.40. The minimum atomic E-state index is -0.814. The van der Waals surface area contributed by atoms with Crippen molar-refractivity contribution in [3.63, 3.8) is 0 Å². The van der Waals surface area contributed by atoms with Crippen molar-refractivity contribution in [1.29, 1.82) is 5.41 Å². The molecule has 1 atom stereocenters. The predicted molar refractivity (Wildman–Crippen MR) is 92.8 cm³/mol. The molecule has 1 aromatic rings. The first-order valence-corrected chi connectivity index (χ1v) is 8.12. The lowest BCUT2D eigenvalue weighted by Gasteiger charge is -2.20. The molecule has 2 heterocycles. The molecule has 1 aromatic heterocycles. The molecule has 2 rings (SSSR count). The average Bonchev–Trinajstić information content (AvgIpc) is 3.00. The number of rotatable bonds is 5. The summed E-state index contributed by atoms with van der Waals surface area (Å²) in [5.41, 5.74) is 5.76. The number of hydrogen-bond donors (Lipinski definition) is 2. The quantitative estimate of drug-likeness (QED) is 0.462. The van der Waals surface area contributed by atoms with Crippen molar-refractivity contribution < 1.29 is 23.9 Å². The van der Waals surface area contributed by atoms with E-state index < -0.39 is 23.8 Å². The van der Waals surface area contributed by atoms with Gasteiger partial charge in [-0.05, 0) is 32.9 Å². The van der Waals surface area contributed by atoms with Crippen LogP contribution in [0.2, 0.25) is 0 Å². The van der Waals surface area contributed by atoms with Crippen molar-refractivity contribution >= 4 is 23.5 Å². The van der Waals surface area contributed by atoms with Crippen molar-refractivity contribution in [2.45, 2.75) is 52.4 Å². The number of carbonyl (C=O) groups excluding carboxylic acids is 2. The van der Waals surface area contributed by atoms with Crippen molar-refractivity contribution in [2.75, 3.05) is 0 Å². The van der Waals surface area contributed by atoms with E-state index in [0.717, 1.165) is 0 Å². The maximum Gasteiger partial charge on any atom is 0.341 e. The number of aromatic nitrogens is 1. The van der Waals surface area contributed by atoms with Crippen LogP contribution < -0.4 is 5.73 Å². The van der Waals surface area contributed by atoms with E-state index in [1.54, 1.807) is 33.8 Å². The van der Waals surface area contributed by atoms with Crippen LogP contribution in [0.4, 0.5) is 0 Å². The summed E-state index contributed by atoms with van der Waals surface area (Å²) in [4.78, 5) is 32.9. The van der Waals surface area contributed by atoms with E-state index in [-0.39, 0.29) is 29.9 Å². The first-order chi connectivity index (χ1) is 12.1. The molecule has 0 saturated carbocycles. The first-order valence-electron chi connectivity index (χ1n) is 8.12. The molecule has 0 radical (unpaired) electrons. The van der Waals surface area contributed by atoms with E-state index in [2.05, 4.69) is 10.1 Å². The highest BCUT2D eigenvalue weighted by Crippen LogP contribution is 2.20. The maximum atomic E-state index is 12.3. The third-order valence-corrected chi connectivity index (χ3v) is 3.26. The molecule has 26 heavy (non-hydrogen) atoms. The molecule has 0 fully saturated rings. The molecule has 0 saturated heterocycles. The van der Waals surface area contributed by atoms with Crippen molar-refractivity contribution in [2.24, 2.45) is 10.9 Å². The molecule has 0 aromatic carbocycles. The zero-order chi connectivity index (χ0) is 19.5. The SMILES string of the molecule is CCC(=O)OC1CC(c2ccc(C(=O)OC(C)(C)C)c(C(=N)N)n2)=NO1. The number of amidine groups is 1. The number of nitrogen functional groups attached to an aromatic ring is 1. The number of oxime groups is 1. The monoisotopic (exact) mass is 362 g/mol. The average molecular weight is 362 g/mol. The number of nitrogens with zero attached hydrogens (tertiary/aromatic N) is 2. The van der Waals surface area contributed by atoms with Gasteiger partial charge in [0.2, 0.25) is 0 Å². The highest BCUT2D eigenvalue weighted by Gasteiger charge is 2.28. The predicted octanol–water partition coefficient (Wildman–Crippen LogP) is 1.72. The highest BCUT2D eigenvalue weighted by atomic mass is 16.8. The minimum Gasteiger partial charge on any atom is -0.456 e. The Labute approximate surface area is 151 Å². The maximum absolute atomic E-state index is 12.3. The van der Waals surface area contributed by atoms with Crippen LogP contribution in [0, 0.1) is 5.41 Å². The summed E-state index contributed by atoms with van der Waals surface area (Å²) in [6.45, 7) is 6.89. The van der Waals surface area contributed by atoms with Gasteiger partial charge >= 0.3 is 11.9 Å². The molecule has 0 amide bonds. The number of carbonyl (C=O) groups is 2. The molecule has 0 bridgehead atoms. The summed E-state index contributed by atoms with van der Waals surface area (Å²) >= 11 is 0. The molecule has 1 aliphatic heterocycles. The van der Waals surface area contributed by atoms with Crippen molar-refractivity contribution in [3.8, 4) is 0 Å². The van der Waals surface area contributed by atoms with Crippen LogP contribution in [-0.2, 0) is 19.1 Å². The van der Waals surface area contributed by atoms with E-state index in [1.165, 1.54) is 6.07 Å². The fourth-order valence-corrected chi connectivity index (χ4v) is 2.12. The number of esters is 2. The lowest BCUT2D eigenvalue weighted by atomic mass is 10.1. The van der Waals surface area contributed by atoms with Gasteiger partial charge < -0.3 is 20.0 Å². The Hall–Kier alpha value is -2.97. The molecule has 140 valence electrons. The van der Waals surface area contributed by atoms with Gasteiger partial charge in [0.25, 0.3) is 6.29 Å². The van der Waals surface area contributed by atoms with E-state index in [0.29, 0.717) is 11.4 Å². The Balaban J connectivity index is 2.23. The molecule has 0 aliphatic carbocycles. The van der Waals surface area contributed by atoms with E-state index in [9.17, 15) is 9.59 Å². The highest BCUT2D eigenvalue weighted by molar-refractivity contribution is 6.06. The fourth-order valence-electron chi connectivity index (χ4n) is 2.12. The lowest BCUT2D eigenvalue weighted by Crippen LogP contribution is -2.27. The topological polar surface area (TPSA) is 137 Å². The Morgan fingerprint density at radius 2 is 2.08 bits per heavy atom. The number of nitrogens with one attached hydrogen (secondary N) is 1.